The summed E-state index contributed by atoms with van der Waals surface area (Å²) in [6.07, 6.45) is 5.02. The quantitative estimate of drug-likeness (QED) is 0.181. The average Bonchev–Trinajstić information content (AvgIpc) is 3.49. The first-order chi connectivity index (χ1) is 31.5. The third-order valence-electron chi connectivity index (χ3n) is 13.4. The standard InChI is InChI=1S/C38H42N2O6.C15H16O4/c1-39-15-13-25-20-32(42-4)34-22-28(25)29(39)17-23-7-10-27(11-8-23)45-33-19-24(9-12-31(33)41-3)18-30-36-26(14-16-40(30)2)21-35(43-5)37(44-6)38(36)46-34;1-8-3-4-10-12(18-7-8)6-13-14(15(10)17)11(16)5-9(2)19-13/h7-12,19-22,29-30H,13-18H2,1-6H3;5-6,8,17H,3-4,7H2,1-2H3. The second kappa shape index (κ2) is 18.3. The van der Waals surface area contributed by atoms with Gasteiger partial charge < -0.3 is 42.7 Å². The van der Waals surface area contributed by atoms with Gasteiger partial charge in [-0.2, -0.15) is 0 Å². The maximum atomic E-state index is 12.0. The zero-order valence-corrected chi connectivity index (χ0v) is 38.5. The second-order valence-corrected chi connectivity index (χ2v) is 17.7. The summed E-state index contributed by atoms with van der Waals surface area (Å²) < 4.78 is 48.3. The van der Waals surface area contributed by atoms with Gasteiger partial charge in [0.15, 0.2) is 39.9 Å². The van der Waals surface area contributed by atoms with E-state index in [-0.39, 0.29) is 28.6 Å². The molecule has 1 N–H and O–H groups in total. The summed E-state index contributed by atoms with van der Waals surface area (Å²) in [5, 5.41) is 10.6. The molecule has 3 atom stereocenters. The summed E-state index contributed by atoms with van der Waals surface area (Å²) >= 11 is 0. The molecule has 6 bridgehead atoms. The van der Waals surface area contributed by atoms with Gasteiger partial charge in [-0.1, -0.05) is 25.1 Å². The zero-order valence-electron chi connectivity index (χ0n) is 38.5. The van der Waals surface area contributed by atoms with E-state index in [0.29, 0.717) is 81.8 Å². The van der Waals surface area contributed by atoms with Gasteiger partial charge in [-0.15, -0.1) is 0 Å². The number of rotatable bonds is 4. The predicted molar refractivity (Wildman–Crippen MR) is 250 cm³/mol. The van der Waals surface area contributed by atoms with Crippen molar-refractivity contribution < 1.29 is 42.7 Å². The molecule has 0 spiro atoms. The molecular formula is C53H58N2O10. The zero-order chi connectivity index (χ0) is 45.5. The molecule has 0 aliphatic carbocycles. The number of aromatic hydroxyl groups is 1. The van der Waals surface area contributed by atoms with E-state index in [0.717, 1.165) is 62.1 Å². The summed E-state index contributed by atoms with van der Waals surface area (Å²) in [5.74, 6) is 7.01. The highest BCUT2D eigenvalue weighted by atomic mass is 16.5. The number of benzene rings is 5. The largest absolute Gasteiger partial charge is 0.507 e. The number of phenols is 1. The van der Waals surface area contributed by atoms with Crippen molar-refractivity contribution in [1.29, 1.82) is 0 Å². The van der Waals surface area contributed by atoms with E-state index in [4.69, 9.17) is 37.6 Å². The summed E-state index contributed by atoms with van der Waals surface area (Å²) in [7, 11) is 11.1. The van der Waals surface area contributed by atoms with Crippen LogP contribution in [0.2, 0.25) is 0 Å². The van der Waals surface area contributed by atoms with Crippen molar-refractivity contribution in [2.75, 3.05) is 62.2 Å². The average molecular weight is 883 g/mol. The fraction of sp³-hybridized carbons (Fsp3) is 0.377. The minimum Gasteiger partial charge on any atom is -0.507 e. The van der Waals surface area contributed by atoms with Gasteiger partial charge in [0.2, 0.25) is 5.75 Å². The van der Waals surface area contributed by atoms with Crippen molar-refractivity contribution >= 4 is 11.0 Å². The van der Waals surface area contributed by atoms with Gasteiger partial charge in [-0.3, -0.25) is 14.6 Å². The second-order valence-electron chi connectivity index (χ2n) is 17.7. The fourth-order valence-corrected chi connectivity index (χ4v) is 9.79. The lowest BCUT2D eigenvalue weighted by molar-refractivity contribution is 0.220. The molecule has 3 unspecified atom stereocenters. The predicted octanol–water partition coefficient (Wildman–Crippen LogP) is 9.93. The lowest BCUT2D eigenvalue weighted by Gasteiger charge is -2.37. The minimum absolute atomic E-state index is 0.000437. The van der Waals surface area contributed by atoms with Crippen LogP contribution in [0.4, 0.5) is 0 Å². The number of likely N-dealkylation sites (N-methyl/N-ethyl adjacent to an activating group) is 2. The number of aryl methyl sites for hydroxylation is 1. The van der Waals surface area contributed by atoms with E-state index < -0.39 is 0 Å². The lowest BCUT2D eigenvalue weighted by Crippen LogP contribution is -2.34. The van der Waals surface area contributed by atoms with Gasteiger partial charge in [0.1, 0.15) is 34.0 Å². The van der Waals surface area contributed by atoms with E-state index >= 15 is 0 Å². The van der Waals surface area contributed by atoms with Crippen molar-refractivity contribution in [3.05, 3.63) is 128 Å². The molecule has 5 aromatic carbocycles. The van der Waals surface area contributed by atoms with Crippen LogP contribution in [0.25, 0.3) is 11.0 Å². The van der Waals surface area contributed by atoms with Gasteiger partial charge in [-0.05, 0) is 136 Å². The first-order valence-corrected chi connectivity index (χ1v) is 22.4. The number of hydrogen-bond acceptors (Lipinski definition) is 12. The Balaban J connectivity index is 0.000000233. The number of phenolic OH excluding ortho intramolecular Hbond substituents is 1. The van der Waals surface area contributed by atoms with Gasteiger partial charge in [0.05, 0.1) is 35.0 Å². The molecule has 0 amide bonds. The van der Waals surface area contributed by atoms with Crippen molar-refractivity contribution in [3.63, 3.8) is 0 Å². The number of ether oxygens (including phenoxy) is 7. The summed E-state index contributed by atoms with van der Waals surface area (Å²) in [5.41, 5.74) is 8.04. The Hall–Kier alpha value is -6.37. The maximum Gasteiger partial charge on any atom is 0.204 e. The van der Waals surface area contributed by atoms with Crippen LogP contribution < -0.4 is 38.6 Å². The number of fused-ring (bicyclic) bond motifs is 4. The summed E-state index contributed by atoms with van der Waals surface area (Å²) in [4.78, 5) is 16.8. The highest BCUT2D eigenvalue weighted by Gasteiger charge is 2.35. The van der Waals surface area contributed by atoms with Crippen molar-refractivity contribution in [1.82, 2.24) is 9.80 Å². The summed E-state index contributed by atoms with van der Waals surface area (Å²) in [6.45, 7) is 6.30. The molecule has 5 aliphatic rings. The molecule has 5 aliphatic heterocycles. The van der Waals surface area contributed by atoms with Crippen LogP contribution in [0.15, 0.2) is 82.0 Å². The van der Waals surface area contributed by atoms with Crippen LogP contribution in [-0.2, 0) is 32.1 Å². The normalized spacial score (nSPS) is 19.0. The van der Waals surface area contributed by atoms with Gasteiger partial charge in [0, 0.05) is 48.4 Å². The van der Waals surface area contributed by atoms with Crippen LogP contribution >= 0.6 is 0 Å². The smallest absolute Gasteiger partial charge is 0.204 e. The third-order valence-corrected chi connectivity index (χ3v) is 13.4. The Morgan fingerprint density at radius 3 is 2.11 bits per heavy atom. The lowest BCUT2D eigenvalue weighted by atomic mass is 9.87. The van der Waals surface area contributed by atoms with Gasteiger partial charge >= 0.3 is 0 Å². The highest BCUT2D eigenvalue weighted by molar-refractivity contribution is 5.87. The molecule has 12 heteroatoms. The van der Waals surface area contributed by atoms with Crippen LogP contribution in [0.5, 0.6) is 57.5 Å². The number of methoxy groups -OCH3 is 4. The Bertz CT molecular complexity index is 2800. The number of hydrogen-bond donors (Lipinski definition) is 1. The van der Waals surface area contributed by atoms with Crippen LogP contribution in [-0.4, -0.2) is 77.1 Å². The van der Waals surface area contributed by atoms with E-state index in [1.807, 2.05) is 18.2 Å². The molecule has 6 aromatic rings. The molecule has 12 nitrogen and oxygen atoms in total. The van der Waals surface area contributed by atoms with Gasteiger partial charge in [0.25, 0.3) is 0 Å². The molecule has 0 saturated carbocycles. The molecule has 11 rings (SSSR count). The van der Waals surface area contributed by atoms with Crippen LogP contribution in [0.3, 0.4) is 0 Å². The Morgan fingerprint density at radius 1 is 0.692 bits per heavy atom. The molecule has 1 aromatic heterocycles. The Labute approximate surface area is 380 Å². The first-order valence-electron chi connectivity index (χ1n) is 22.4. The summed E-state index contributed by atoms with van der Waals surface area (Å²) in [6, 6.07) is 24.3. The fourth-order valence-electron chi connectivity index (χ4n) is 9.79. The van der Waals surface area contributed by atoms with Crippen molar-refractivity contribution in [2.24, 2.45) is 5.92 Å². The van der Waals surface area contributed by atoms with Crippen molar-refractivity contribution in [2.45, 2.75) is 64.5 Å². The van der Waals surface area contributed by atoms with Gasteiger partial charge in [-0.25, -0.2) is 0 Å². The monoisotopic (exact) mass is 882 g/mol. The molecule has 65 heavy (non-hydrogen) atoms. The molecule has 0 saturated heterocycles. The third kappa shape index (κ3) is 8.53. The topological polar surface area (TPSA) is 122 Å². The molecule has 6 heterocycles. The maximum absolute atomic E-state index is 12.0. The SMILES string of the molecule is COc1ccc2cc1Oc1ccc(cc1)CC1c3cc(c(OC)cc3CCN1C)Oc1c(OC)c(OC)cc3c1C(C2)N(C)CC3.Cc1cc(=O)c2c(O)c3c(cc2o1)OCC(C)CC3. The molecule has 0 fully saturated rings. The molecule has 340 valence electrons. The Morgan fingerprint density at radius 2 is 1.37 bits per heavy atom. The molecule has 0 radical (unpaired) electrons. The van der Waals surface area contributed by atoms with Crippen LogP contribution in [0, 0.1) is 12.8 Å². The van der Waals surface area contributed by atoms with E-state index in [9.17, 15) is 9.90 Å². The van der Waals surface area contributed by atoms with E-state index in [1.54, 1.807) is 41.4 Å². The number of nitrogens with zero attached hydrogens (tertiary/aromatic N) is 2. The minimum atomic E-state index is -0.212. The van der Waals surface area contributed by atoms with E-state index in [1.165, 1.54) is 28.3 Å². The molecular weight excluding hydrogens is 825 g/mol. The first kappa shape index (κ1) is 43.9. The van der Waals surface area contributed by atoms with Crippen molar-refractivity contribution in [3.8, 4) is 57.5 Å². The Kier molecular flexibility index (Phi) is 12.3. The van der Waals surface area contributed by atoms with Crippen LogP contribution in [0.1, 0.15) is 70.1 Å². The van der Waals surface area contributed by atoms with E-state index in [2.05, 4.69) is 73.3 Å². The highest BCUT2D eigenvalue weighted by Crippen LogP contribution is 2.52.